The molecule has 1 aromatic carbocycles. The molecule has 112 valence electrons. The van der Waals surface area contributed by atoms with E-state index in [1.807, 2.05) is 0 Å². The quantitative estimate of drug-likeness (QED) is 0.836. The van der Waals surface area contributed by atoms with Gasteiger partial charge in [-0.15, -0.1) is 13.2 Å². The molecule has 8 heteroatoms. The molecule has 0 aromatic heterocycles. The molecule has 0 aliphatic rings. The number of amides is 1. The molecular formula is C12H13BrF3NO3. The molecule has 0 unspecified atom stereocenters. The molecule has 0 heterocycles. The molecule has 0 atom stereocenters. The maximum absolute atomic E-state index is 12.1. The first kappa shape index (κ1) is 16.6. The van der Waals surface area contributed by atoms with Gasteiger partial charge in [0.2, 0.25) is 0 Å². The minimum absolute atomic E-state index is 0.112. The van der Waals surface area contributed by atoms with E-state index in [1.165, 1.54) is 6.07 Å². The molecule has 0 radical (unpaired) electrons. The largest absolute Gasteiger partial charge is 0.573 e. The summed E-state index contributed by atoms with van der Waals surface area (Å²) in [5.74, 6) is -0.438. The normalized spacial score (nSPS) is 11.9. The number of alkyl halides is 3. The number of carbonyl (C=O) groups is 1. The van der Waals surface area contributed by atoms with Crippen molar-refractivity contribution in [3.05, 3.63) is 22.7 Å². The van der Waals surface area contributed by atoms with Crippen LogP contribution in [0, 0.1) is 0 Å². The third kappa shape index (κ3) is 6.14. The zero-order chi connectivity index (χ0) is 15.6. The second-order valence-corrected chi connectivity index (χ2v) is 5.67. The van der Waals surface area contributed by atoms with E-state index in [-0.39, 0.29) is 5.69 Å². The van der Waals surface area contributed by atoms with Crippen molar-refractivity contribution in [1.29, 1.82) is 0 Å². The summed E-state index contributed by atoms with van der Waals surface area (Å²) in [6, 6.07) is 3.49. The predicted octanol–water partition coefficient (Wildman–Crippen LogP) is 4.69. The van der Waals surface area contributed by atoms with Gasteiger partial charge in [0.05, 0.1) is 5.69 Å². The fourth-order valence-corrected chi connectivity index (χ4v) is 1.56. The summed E-state index contributed by atoms with van der Waals surface area (Å²) < 4.78 is 45.5. The first-order chi connectivity index (χ1) is 8.96. The molecule has 0 aliphatic heterocycles. The molecule has 4 nitrogen and oxygen atoms in total. The highest BCUT2D eigenvalue weighted by Crippen LogP contribution is 2.30. The Kier molecular flexibility index (Phi) is 4.90. The zero-order valence-corrected chi connectivity index (χ0v) is 12.6. The van der Waals surface area contributed by atoms with Crippen LogP contribution in [-0.2, 0) is 4.74 Å². The highest BCUT2D eigenvalue weighted by atomic mass is 79.9. The second-order valence-electron chi connectivity index (χ2n) is 4.82. The van der Waals surface area contributed by atoms with Gasteiger partial charge in [-0.2, -0.15) is 0 Å². The molecule has 0 saturated carbocycles. The smallest absolute Gasteiger partial charge is 0.444 e. The van der Waals surface area contributed by atoms with Gasteiger partial charge in [0.25, 0.3) is 0 Å². The van der Waals surface area contributed by atoms with Crippen LogP contribution in [0.1, 0.15) is 20.8 Å². The summed E-state index contributed by atoms with van der Waals surface area (Å²) in [6.45, 7) is 5.01. The summed E-state index contributed by atoms with van der Waals surface area (Å²) in [5.41, 5.74) is -0.600. The van der Waals surface area contributed by atoms with Crippen LogP contribution in [0.4, 0.5) is 23.7 Å². The Labute approximate surface area is 122 Å². The molecule has 1 N–H and O–H groups in total. The van der Waals surface area contributed by atoms with Gasteiger partial charge >= 0.3 is 12.5 Å². The van der Waals surface area contributed by atoms with Crippen LogP contribution in [-0.4, -0.2) is 18.1 Å². The number of carbonyl (C=O) groups excluding carboxylic acids is 1. The van der Waals surface area contributed by atoms with Crippen molar-refractivity contribution >= 4 is 27.7 Å². The van der Waals surface area contributed by atoms with Crippen LogP contribution in [0.25, 0.3) is 0 Å². The third-order valence-corrected chi connectivity index (χ3v) is 2.50. The lowest BCUT2D eigenvalue weighted by Crippen LogP contribution is -2.27. The molecule has 0 aliphatic carbocycles. The Morgan fingerprint density at radius 2 is 1.85 bits per heavy atom. The predicted molar refractivity (Wildman–Crippen MR) is 70.7 cm³/mol. The van der Waals surface area contributed by atoms with Gasteiger partial charge in [-0.1, -0.05) is 0 Å². The monoisotopic (exact) mass is 355 g/mol. The zero-order valence-electron chi connectivity index (χ0n) is 11.0. The maximum Gasteiger partial charge on any atom is 0.573 e. The lowest BCUT2D eigenvalue weighted by atomic mass is 10.2. The van der Waals surface area contributed by atoms with Crippen molar-refractivity contribution < 1.29 is 27.4 Å². The van der Waals surface area contributed by atoms with Gasteiger partial charge < -0.3 is 9.47 Å². The van der Waals surface area contributed by atoms with Gasteiger partial charge in [-0.3, -0.25) is 5.32 Å². The number of rotatable bonds is 2. The van der Waals surface area contributed by atoms with Gasteiger partial charge in [-0.25, -0.2) is 4.79 Å². The van der Waals surface area contributed by atoms with E-state index in [4.69, 9.17) is 4.74 Å². The third-order valence-electron chi connectivity index (χ3n) is 1.81. The first-order valence-corrected chi connectivity index (χ1v) is 6.31. The highest BCUT2D eigenvalue weighted by molar-refractivity contribution is 9.10. The van der Waals surface area contributed by atoms with E-state index in [9.17, 15) is 18.0 Å². The van der Waals surface area contributed by atoms with E-state index in [1.54, 1.807) is 20.8 Å². The Hall–Kier alpha value is -1.44. The molecular weight excluding hydrogens is 343 g/mol. The summed E-state index contributed by atoms with van der Waals surface area (Å²) in [7, 11) is 0. The summed E-state index contributed by atoms with van der Waals surface area (Å²) in [4.78, 5) is 11.6. The lowest BCUT2D eigenvalue weighted by molar-refractivity contribution is -0.274. The van der Waals surface area contributed by atoms with Gasteiger partial charge in [0, 0.05) is 10.5 Å². The summed E-state index contributed by atoms with van der Waals surface area (Å²) in [6.07, 6.45) is -5.57. The Bertz CT molecular complexity index is 498. The molecule has 0 fully saturated rings. The van der Waals surface area contributed by atoms with Crippen LogP contribution >= 0.6 is 15.9 Å². The van der Waals surface area contributed by atoms with Crippen molar-refractivity contribution in [2.24, 2.45) is 0 Å². The first-order valence-electron chi connectivity index (χ1n) is 5.51. The number of hydrogen-bond acceptors (Lipinski definition) is 3. The van der Waals surface area contributed by atoms with Crippen molar-refractivity contribution in [3.8, 4) is 5.75 Å². The van der Waals surface area contributed by atoms with Crippen molar-refractivity contribution in [2.45, 2.75) is 32.7 Å². The Morgan fingerprint density at radius 1 is 1.25 bits per heavy atom. The molecule has 0 bridgehead atoms. The Morgan fingerprint density at radius 3 is 2.35 bits per heavy atom. The highest BCUT2D eigenvalue weighted by Gasteiger charge is 2.31. The minimum Gasteiger partial charge on any atom is -0.444 e. The minimum atomic E-state index is -4.79. The van der Waals surface area contributed by atoms with Crippen LogP contribution in [0.3, 0.4) is 0 Å². The molecule has 0 spiro atoms. The topological polar surface area (TPSA) is 47.6 Å². The van der Waals surface area contributed by atoms with Gasteiger partial charge in [0.1, 0.15) is 11.4 Å². The van der Waals surface area contributed by atoms with E-state index in [0.29, 0.717) is 4.47 Å². The fraction of sp³-hybridized carbons (Fsp3) is 0.417. The number of halogens is 4. The van der Waals surface area contributed by atoms with Crippen LogP contribution < -0.4 is 10.1 Å². The number of hydrogen-bond donors (Lipinski definition) is 1. The van der Waals surface area contributed by atoms with Crippen LogP contribution in [0.15, 0.2) is 22.7 Å². The SMILES string of the molecule is CC(C)(C)OC(=O)Nc1cc(OC(F)(F)F)ccc1Br. The molecule has 1 aromatic rings. The average Bonchev–Trinajstić information content (AvgIpc) is 2.18. The number of nitrogens with one attached hydrogen (secondary N) is 1. The molecule has 20 heavy (non-hydrogen) atoms. The molecule has 1 rings (SSSR count). The van der Waals surface area contributed by atoms with E-state index in [0.717, 1.165) is 12.1 Å². The van der Waals surface area contributed by atoms with Crippen LogP contribution in [0.2, 0.25) is 0 Å². The molecule has 0 saturated heterocycles. The van der Waals surface area contributed by atoms with E-state index >= 15 is 0 Å². The molecule has 1 amide bonds. The fourth-order valence-electron chi connectivity index (χ4n) is 1.21. The Balaban J connectivity index is 2.84. The van der Waals surface area contributed by atoms with Gasteiger partial charge in [-0.05, 0) is 48.8 Å². The lowest BCUT2D eigenvalue weighted by Gasteiger charge is -2.20. The summed E-state index contributed by atoms with van der Waals surface area (Å²) in [5, 5.41) is 2.34. The number of ether oxygens (including phenoxy) is 2. The standard InChI is InChI=1S/C12H13BrF3NO3/c1-11(2,3)20-10(18)17-9-6-7(4-5-8(9)13)19-12(14,15)16/h4-6H,1-3H3,(H,17,18). The van der Waals surface area contributed by atoms with Crippen molar-refractivity contribution in [3.63, 3.8) is 0 Å². The second kappa shape index (κ2) is 5.90. The van der Waals surface area contributed by atoms with Crippen LogP contribution in [0.5, 0.6) is 5.75 Å². The summed E-state index contributed by atoms with van der Waals surface area (Å²) >= 11 is 3.11. The number of benzene rings is 1. The van der Waals surface area contributed by atoms with Gasteiger partial charge in [0.15, 0.2) is 0 Å². The van der Waals surface area contributed by atoms with E-state index in [2.05, 4.69) is 26.0 Å². The van der Waals surface area contributed by atoms with Crippen molar-refractivity contribution in [1.82, 2.24) is 0 Å². The maximum atomic E-state index is 12.1. The van der Waals surface area contributed by atoms with E-state index < -0.39 is 23.8 Å². The van der Waals surface area contributed by atoms with Crippen molar-refractivity contribution in [2.75, 3.05) is 5.32 Å². The number of anilines is 1. The average molecular weight is 356 g/mol.